The van der Waals surface area contributed by atoms with Crippen LogP contribution in [-0.2, 0) is 10.2 Å². The highest BCUT2D eigenvalue weighted by Crippen LogP contribution is 2.62. The Balaban J connectivity index is 1.57. The first kappa shape index (κ1) is 19.9. The molecule has 2 aromatic carbocycles. The van der Waals surface area contributed by atoms with Gasteiger partial charge in [0, 0.05) is 11.6 Å². The molecule has 0 atom stereocenters. The third-order valence-corrected chi connectivity index (χ3v) is 7.61. The summed E-state index contributed by atoms with van der Waals surface area (Å²) in [6, 6.07) is 10.4. The second-order valence-corrected chi connectivity index (χ2v) is 9.71. The van der Waals surface area contributed by atoms with Gasteiger partial charge in [0.05, 0.1) is 5.56 Å². The van der Waals surface area contributed by atoms with E-state index in [2.05, 4.69) is 0 Å². The fraction of sp³-hybridized carbons (Fsp3) is 0.385. The SMILES string of the molecule is O=C(O)/C=C/c1ccc(-c2ccc(O)c(C34CC5CC(CC(C5)C3)C4)c2)c(C(=O)O)c1. The first-order valence-electron chi connectivity index (χ1n) is 11.0. The van der Waals surface area contributed by atoms with Gasteiger partial charge in [-0.05, 0) is 103 Å². The molecule has 0 heterocycles. The van der Waals surface area contributed by atoms with Crippen LogP contribution < -0.4 is 0 Å². The fourth-order valence-corrected chi connectivity index (χ4v) is 6.83. The van der Waals surface area contributed by atoms with Crippen molar-refractivity contribution in [2.45, 2.75) is 43.9 Å². The molecule has 5 heteroatoms. The predicted molar refractivity (Wildman–Crippen MR) is 117 cm³/mol. The fourth-order valence-electron chi connectivity index (χ4n) is 6.83. The molecule has 31 heavy (non-hydrogen) atoms. The monoisotopic (exact) mass is 418 g/mol. The summed E-state index contributed by atoms with van der Waals surface area (Å²) in [5.74, 6) is 0.380. The molecular formula is C26H26O5. The van der Waals surface area contributed by atoms with Crippen LogP contribution in [0.25, 0.3) is 17.2 Å². The average molecular weight is 418 g/mol. The van der Waals surface area contributed by atoms with Crippen LogP contribution in [-0.4, -0.2) is 27.3 Å². The van der Waals surface area contributed by atoms with E-state index in [-0.39, 0.29) is 11.0 Å². The van der Waals surface area contributed by atoms with Gasteiger partial charge in [-0.25, -0.2) is 9.59 Å². The van der Waals surface area contributed by atoms with E-state index < -0.39 is 11.9 Å². The Morgan fingerprint density at radius 2 is 1.55 bits per heavy atom. The van der Waals surface area contributed by atoms with Gasteiger partial charge < -0.3 is 15.3 Å². The van der Waals surface area contributed by atoms with E-state index in [0.717, 1.165) is 54.2 Å². The van der Waals surface area contributed by atoms with Gasteiger partial charge in [0.15, 0.2) is 0 Å². The highest BCUT2D eigenvalue weighted by molar-refractivity contribution is 5.97. The van der Waals surface area contributed by atoms with Gasteiger partial charge in [0.1, 0.15) is 5.75 Å². The maximum atomic E-state index is 12.0. The Kier molecular flexibility index (Phi) is 4.65. The average Bonchev–Trinajstić information content (AvgIpc) is 2.71. The zero-order valence-corrected chi connectivity index (χ0v) is 17.3. The Morgan fingerprint density at radius 1 is 0.903 bits per heavy atom. The van der Waals surface area contributed by atoms with Gasteiger partial charge in [-0.2, -0.15) is 0 Å². The van der Waals surface area contributed by atoms with Crippen LogP contribution >= 0.6 is 0 Å². The molecule has 4 fully saturated rings. The summed E-state index contributed by atoms with van der Waals surface area (Å²) in [6.07, 6.45) is 9.65. The number of phenolic OH excluding ortho intramolecular Hbond substituents is 1. The van der Waals surface area contributed by atoms with Crippen molar-refractivity contribution in [3.8, 4) is 16.9 Å². The molecule has 0 aliphatic heterocycles. The minimum absolute atomic E-state index is 0.00238. The summed E-state index contributed by atoms with van der Waals surface area (Å²) in [7, 11) is 0. The van der Waals surface area contributed by atoms with E-state index in [1.807, 2.05) is 6.07 Å². The molecule has 4 aliphatic rings. The van der Waals surface area contributed by atoms with Gasteiger partial charge in [-0.1, -0.05) is 18.2 Å². The van der Waals surface area contributed by atoms with Crippen LogP contribution in [0.3, 0.4) is 0 Å². The molecule has 160 valence electrons. The maximum Gasteiger partial charge on any atom is 0.336 e. The summed E-state index contributed by atoms with van der Waals surface area (Å²) in [4.78, 5) is 22.8. The topological polar surface area (TPSA) is 94.8 Å². The second-order valence-electron chi connectivity index (χ2n) is 9.71. The lowest BCUT2D eigenvalue weighted by molar-refractivity contribution is -0.131. The standard InChI is InChI=1S/C26H26O5/c27-23-5-3-19(20-4-1-15(2-6-24(28)29)10-21(20)25(30)31)11-22(23)26-12-16-7-17(13-26)9-18(8-16)14-26/h1-6,10-11,16-18,27H,7-9,12-14H2,(H,28,29)(H,30,31)/b6-2+. The van der Waals surface area contributed by atoms with Crippen molar-refractivity contribution in [3.63, 3.8) is 0 Å². The van der Waals surface area contributed by atoms with Crippen molar-refractivity contribution in [1.29, 1.82) is 0 Å². The number of hydrogen-bond donors (Lipinski definition) is 3. The Hall–Kier alpha value is -3.08. The Labute approximate surface area is 181 Å². The lowest BCUT2D eigenvalue weighted by Crippen LogP contribution is -2.48. The highest BCUT2D eigenvalue weighted by atomic mass is 16.4. The number of carbonyl (C=O) groups is 2. The van der Waals surface area contributed by atoms with Crippen molar-refractivity contribution in [1.82, 2.24) is 0 Å². The molecule has 0 spiro atoms. The van der Waals surface area contributed by atoms with Crippen LogP contribution in [0, 0.1) is 17.8 Å². The lowest BCUT2D eigenvalue weighted by Gasteiger charge is -2.57. The summed E-state index contributed by atoms with van der Waals surface area (Å²) in [5, 5.41) is 29.4. The van der Waals surface area contributed by atoms with E-state index in [1.54, 1.807) is 24.3 Å². The molecule has 4 aliphatic carbocycles. The van der Waals surface area contributed by atoms with Crippen molar-refractivity contribution < 1.29 is 24.9 Å². The van der Waals surface area contributed by atoms with Crippen LogP contribution in [0.4, 0.5) is 0 Å². The van der Waals surface area contributed by atoms with Gasteiger partial charge in [-0.15, -0.1) is 0 Å². The van der Waals surface area contributed by atoms with E-state index in [1.165, 1.54) is 31.4 Å². The molecule has 0 amide bonds. The third-order valence-electron chi connectivity index (χ3n) is 7.61. The molecule has 3 N–H and O–H groups in total. The number of hydrogen-bond acceptors (Lipinski definition) is 3. The number of aliphatic carboxylic acids is 1. The van der Waals surface area contributed by atoms with Crippen molar-refractivity contribution in [2.24, 2.45) is 17.8 Å². The molecule has 0 saturated heterocycles. The van der Waals surface area contributed by atoms with E-state index >= 15 is 0 Å². The van der Waals surface area contributed by atoms with Crippen LogP contribution in [0.5, 0.6) is 5.75 Å². The van der Waals surface area contributed by atoms with Crippen LogP contribution in [0.2, 0.25) is 0 Å². The number of aromatic hydroxyl groups is 1. The van der Waals surface area contributed by atoms with Crippen molar-refractivity contribution in [3.05, 3.63) is 59.2 Å². The maximum absolute atomic E-state index is 12.0. The molecule has 0 radical (unpaired) electrons. The zero-order valence-electron chi connectivity index (χ0n) is 17.3. The van der Waals surface area contributed by atoms with Crippen molar-refractivity contribution >= 4 is 18.0 Å². The zero-order chi connectivity index (χ0) is 21.8. The van der Waals surface area contributed by atoms with Gasteiger partial charge in [0.25, 0.3) is 0 Å². The molecular weight excluding hydrogens is 392 g/mol. The Morgan fingerprint density at radius 3 is 2.13 bits per heavy atom. The molecule has 6 rings (SSSR count). The second kappa shape index (κ2) is 7.26. The third kappa shape index (κ3) is 3.52. The summed E-state index contributed by atoms with van der Waals surface area (Å²) < 4.78 is 0. The quantitative estimate of drug-likeness (QED) is 0.571. The lowest BCUT2D eigenvalue weighted by atomic mass is 9.48. The van der Waals surface area contributed by atoms with Crippen molar-refractivity contribution in [2.75, 3.05) is 0 Å². The number of benzene rings is 2. The minimum Gasteiger partial charge on any atom is -0.508 e. The first-order chi connectivity index (χ1) is 14.8. The number of rotatable bonds is 5. The van der Waals surface area contributed by atoms with Gasteiger partial charge in [0.2, 0.25) is 0 Å². The van der Waals surface area contributed by atoms with E-state index in [4.69, 9.17) is 5.11 Å². The smallest absolute Gasteiger partial charge is 0.336 e. The molecule has 4 bridgehead atoms. The summed E-state index contributed by atoms with van der Waals surface area (Å²) >= 11 is 0. The number of carboxylic acid groups (broad SMARTS) is 2. The van der Waals surface area contributed by atoms with Crippen LogP contribution in [0.15, 0.2) is 42.5 Å². The molecule has 0 aromatic heterocycles. The molecule has 2 aromatic rings. The minimum atomic E-state index is -1.08. The largest absolute Gasteiger partial charge is 0.508 e. The van der Waals surface area contributed by atoms with E-state index in [9.17, 15) is 19.8 Å². The number of phenols is 1. The van der Waals surface area contributed by atoms with Gasteiger partial charge in [-0.3, -0.25) is 0 Å². The first-order valence-corrected chi connectivity index (χ1v) is 11.0. The van der Waals surface area contributed by atoms with E-state index in [0.29, 0.717) is 16.9 Å². The highest BCUT2D eigenvalue weighted by Gasteiger charge is 2.52. The molecule has 0 unspecified atom stereocenters. The summed E-state index contributed by atoms with van der Waals surface area (Å²) in [5.41, 5.74) is 2.96. The predicted octanol–water partition coefficient (Wildman–Crippen LogP) is 5.32. The Bertz CT molecular complexity index is 1060. The molecule has 5 nitrogen and oxygen atoms in total. The normalized spacial score (nSPS) is 28.8. The number of carboxylic acids is 2. The summed E-state index contributed by atoms with van der Waals surface area (Å²) in [6.45, 7) is 0. The van der Waals surface area contributed by atoms with Crippen LogP contribution in [0.1, 0.15) is 60.0 Å². The van der Waals surface area contributed by atoms with Gasteiger partial charge >= 0.3 is 11.9 Å². The molecule has 4 saturated carbocycles. The number of aromatic carboxylic acids is 1.